The van der Waals surface area contributed by atoms with E-state index in [1.165, 1.54) is 25.1 Å². The molecular formula is C16H25BrN2. The Kier molecular flexibility index (Phi) is 5.43. The van der Waals surface area contributed by atoms with Gasteiger partial charge in [0.1, 0.15) is 0 Å². The highest BCUT2D eigenvalue weighted by Crippen LogP contribution is 2.23. The van der Waals surface area contributed by atoms with Gasteiger partial charge in [0, 0.05) is 23.6 Å². The lowest BCUT2D eigenvalue weighted by Crippen LogP contribution is -2.39. The molecule has 106 valence electrons. The van der Waals surface area contributed by atoms with E-state index >= 15 is 0 Å². The normalized spacial score (nSPS) is 26.3. The minimum absolute atomic E-state index is 0.153. The van der Waals surface area contributed by atoms with Crippen LogP contribution in [0, 0.1) is 11.8 Å². The van der Waals surface area contributed by atoms with Crippen LogP contribution in [0.3, 0.4) is 0 Å². The van der Waals surface area contributed by atoms with Gasteiger partial charge in [-0.3, -0.25) is 0 Å². The number of benzene rings is 1. The van der Waals surface area contributed by atoms with Crippen molar-refractivity contribution in [2.75, 3.05) is 19.6 Å². The van der Waals surface area contributed by atoms with Crippen molar-refractivity contribution in [1.29, 1.82) is 0 Å². The van der Waals surface area contributed by atoms with Crippen molar-refractivity contribution in [3.8, 4) is 0 Å². The molecule has 0 spiro atoms. The number of halogens is 1. The molecule has 1 fully saturated rings. The molecule has 3 heteroatoms. The molecule has 0 saturated carbocycles. The van der Waals surface area contributed by atoms with Crippen LogP contribution in [-0.4, -0.2) is 24.5 Å². The van der Waals surface area contributed by atoms with Gasteiger partial charge in [0.2, 0.25) is 0 Å². The van der Waals surface area contributed by atoms with Crippen LogP contribution in [0.25, 0.3) is 0 Å². The molecule has 2 N–H and O–H groups in total. The number of piperidine rings is 1. The minimum Gasteiger partial charge on any atom is -0.324 e. The summed E-state index contributed by atoms with van der Waals surface area (Å²) in [6, 6.07) is 8.54. The Morgan fingerprint density at radius 1 is 1.21 bits per heavy atom. The van der Waals surface area contributed by atoms with Gasteiger partial charge in [-0.15, -0.1) is 0 Å². The van der Waals surface area contributed by atoms with Crippen molar-refractivity contribution < 1.29 is 0 Å². The van der Waals surface area contributed by atoms with Crippen LogP contribution in [0.15, 0.2) is 28.7 Å². The van der Waals surface area contributed by atoms with E-state index in [0.717, 1.165) is 29.3 Å². The Hall–Kier alpha value is -0.380. The Morgan fingerprint density at radius 3 is 2.37 bits per heavy atom. The second kappa shape index (κ2) is 6.87. The van der Waals surface area contributed by atoms with Gasteiger partial charge in [0.25, 0.3) is 0 Å². The Labute approximate surface area is 125 Å². The average Bonchev–Trinajstić information content (AvgIpc) is 2.36. The molecule has 0 bridgehead atoms. The molecule has 1 heterocycles. The van der Waals surface area contributed by atoms with Crippen LogP contribution >= 0.6 is 15.9 Å². The zero-order valence-corrected chi connectivity index (χ0v) is 13.6. The predicted molar refractivity (Wildman–Crippen MR) is 85.1 cm³/mol. The molecule has 1 aliphatic rings. The van der Waals surface area contributed by atoms with Crippen LogP contribution in [0.4, 0.5) is 0 Å². The first-order chi connectivity index (χ1) is 9.04. The Balaban J connectivity index is 1.83. The highest BCUT2D eigenvalue weighted by atomic mass is 79.9. The van der Waals surface area contributed by atoms with Crippen LogP contribution in [-0.2, 0) is 0 Å². The molecule has 1 aromatic carbocycles. The van der Waals surface area contributed by atoms with Crippen molar-refractivity contribution in [2.24, 2.45) is 17.6 Å². The summed E-state index contributed by atoms with van der Waals surface area (Å²) < 4.78 is 1.11. The topological polar surface area (TPSA) is 29.3 Å². The zero-order valence-electron chi connectivity index (χ0n) is 12.0. The summed E-state index contributed by atoms with van der Waals surface area (Å²) in [5.41, 5.74) is 7.53. The molecule has 0 amide bonds. The fourth-order valence-electron chi connectivity index (χ4n) is 3.17. The van der Waals surface area contributed by atoms with E-state index in [2.05, 4.69) is 58.9 Å². The maximum absolute atomic E-state index is 6.29. The molecule has 0 aromatic heterocycles. The van der Waals surface area contributed by atoms with Crippen LogP contribution in [0.2, 0.25) is 0 Å². The van der Waals surface area contributed by atoms with Crippen molar-refractivity contribution in [2.45, 2.75) is 32.7 Å². The lowest BCUT2D eigenvalue weighted by atomic mass is 9.91. The summed E-state index contributed by atoms with van der Waals surface area (Å²) in [7, 11) is 0. The van der Waals surface area contributed by atoms with Crippen molar-refractivity contribution in [3.05, 3.63) is 34.3 Å². The zero-order chi connectivity index (χ0) is 13.8. The van der Waals surface area contributed by atoms with Crippen molar-refractivity contribution >= 4 is 15.9 Å². The first-order valence-electron chi connectivity index (χ1n) is 7.28. The SMILES string of the molecule is CC1CC(C)CN(CCC(N)c2ccc(Br)cc2)C1. The standard InChI is InChI=1S/C16H25BrN2/c1-12-9-13(2)11-19(10-12)8-7-16(18)14-3-5-15(17)6-4-14/h3-6,12-13,16H,7-11,18H2,1-2H3. The van der Waals surface area contributed by atoms with Crippen LogP contribution < -0.4 is 5.73 Å². The molecule has 2 rings (SSSR count). The van der Waals surface area contributed by atoms with Gasteiger partial charge in [-0.2, -0.15) is 0 Å². The third-order valence-electron chi connectivity index (χ3n) is 4.00. The number of hydrogen-bond donors (Lipinski definition) is 1. The van der Waals surface area contributed by atoms with Gasteiger partial charge in [-0.05, 0) is 48.9 Å². The molecule has 1 aromatic rings. The van der Waals surface area contributed by atoms with Gasteiger partial charge in [-0.25, -0.2) is 0 Å². The van der Waals surface area contributed by atoms with E-state index in [1.807, 2.05) is 0 Å². The summed E-state index contributed by atoms with van der Waals surface area (Å²) in [6.07, 6.45) is 2.41. The number of likely N-dealkylation sites (tertiary alicyclic amines) is 1. The second-order valence-corrected chi connectivity index (χ2v) is 7.07. The van der Waals surface area contributed by atoms with E-state index in [0.29, 0.717) is 0 Å². The highest BCUT2D eigenvalue weighted by molar-refractivity contribution is 9.10. The number of hydrogen-bond acceptors (Lipinski definition) is 2. The number of nitrogens with zero attached hydrogens (tertiary/aromatic N) is 1. The van der Waals surface area contributed by atoms with E-state index in [4.69, 9.17) is 5.73 Å². The first-order valence-corrected chi connectivity index (χ1v) is 8.07. The van der Waals surface area contributed by atoms with Crippen LogP contribution in [0.1, 0.15) is 38.3 Å². The first kappa shape index (κ1) is 15.0. The fraction of sp³-hybridized carbons (Fsp3) is 0.625. The average molecular weight is 325 g/mol. The molecule has 1 saturated heterocycles. The van der Waals surface area contributed by atoms with E-state index < -0.39 is 0 Å². The Morgan fingerprint density at radius 2 is 1.79 bits per heavy atom. The van der Waals surface area contributed by atoms with Crippen LogP contribution in [0.5, 0.6) is 0 Å². The third kappa shape index (κ3) is 4.59. The number of rotatable bonds is 4. The summed E-state index contributed by atoms with van der Waals surface area (Å²) in [5, 5.41) is 0. The molecule has 1 aliphatic heterocycles. The Bertz CT molecular complexity index is 380. The van der Waals surface area contributed by atoms with Gasteiger partial charge in [-0.1, -0.05) is 41.9 Å². The molecule has 3 atom stereocenters. The lowest BCUT2D eigenvalue weighted by Gasteiger charge is -2.35. The fourth-order valence-corrected chi connectivity index (χ4v) is 3.44. The monoisotopic (exact) mass is 324 g/mol. The van der Waals surface area contributed by atoms with Crippen molar-refractivity contribution in [1.82, 2.24) is 4.90 Å². The molecular weight excluding hydrogens is 300 g/mol. The van der Waals surface area contributed by atoms with Crippen molar-refractivity contribution in [3.63, 3.8) is 0 Å². The largest absolute Gasteiger partial charge is 0.324 e. The summed E-state index contributed by atoms with van der Waals surface area (Å²) in [4.78, 5) is 2.58. The van der Waals surface area contributed by atoms with Gasteiger partial charge >= 0.3 is 0 Å². The number of nitrogens with two attached hydrogens (primary N) is 1. The second-order valence-electron chi connectivity index (χ2n) is 6.15. The molecule has 3 unspecified atom stereocenters. The van der Waals surface area contributed by atoms with Gasteiger partial charge < -0.3 is 10.6 Å². The van der Waals surface area contributed by atoms with E-state index in [-0.39, 0.29) is 6.04 Å². The molecule has 0 aliphatic carbocycles. The predicted octanol–water partition coefficient (Wildman–Crippen LogP) is 3.82. The summed E-state index contributed by atoms with van der Waals surface area (Å²) >= 11 is 3.46. The lowest BCUT2D eigenvalue weighted by molar-refractivity contribution is 0.137. The van der Waals surface area contributed by atoms with Gasteiger partial charge in [0.15, 0.2) is 0 Å². The molecule has 0 radical (unpaired) electrons. The molecule has 19 heavy (non-hydrogen) atoms. The minimum atomic E-state index is 0.153. The summed E-state index contributed by atoms with van der Waals surface area (Å²) in [5.74, 6) is 1.65. The third-order valence-corrected chi connectivity index (χ3v) is 4.53. The quantitative estimate of drug-likeness (QED) is 0.912. The highest BCUT2D eigenvalue weighted by Gasteiger charge is 2.21. The van der Waals surface area contributed by atoms with Gasteiger partial charge in [0.05, 0.1) is 0 Å². The van der Waals surface area contributed by atoms with E-state index in [9.17, 15) is 0 Å². The maximum atomic E-state index is 6.29. The molecule has 2 nitrogen and oxygen atoms in total. The maximum Gasteiger partial charge on any atom is 0.0307 e. The van der Waals surface area contributed by atoms with E-state index in [1.54, 1.807) is 0 Å². The summed E-state index contributed by atoms with van der Waals surface area (Å²) in [6.45, 7) is 8.30. The smallest absolute Gasteiger partial charge is 0.0307 e.